The normalized spacial score (nSPS) is 10.5. The van der Waals surface area contributed by atoms with Crippen molar-refractivity contribution in [3.8, 4) is 5.75 Å². The molecule has 0 bridgehead atoms. The van der Waals surface area contributed by atoms with Gasteiger partial charge in [-0.25, -0.2) is 9.97 Å². The fourth-order valence-corrected chi connectivity index (χ4v) is 2.95. The molecule has 0 fully saturated rings. The van der Waals surface area contributed by atoms with Crippen LogP contribution in [-0.4, -0.2) is 34.2 Å². The molecule has 0 aliphatic carbocycles. The lowest BCUT2D eigenvalue weighted by Gasteiger charge is -2.10. The summed E-state index contributed by atoms with van der Waals surface area (Å²) in [7, 11) is 3.95. The maximum Gasteiger partial charge on any atom is 0.229 e. The largest absolute Gasteiger partial charge is 0.508 e. The van der Waals surface area contributed by atoms with Crippen molar-refractivity contribution in [2.75, 3.05) is 29.6 Å². The molecule has 0 atom stereocenters. The summed E-state index contributed by atoms with van der Waals surface area (Å²) in [4.78, 5) is 15.4. The second-order valence-electron chi connectivity index (χ2n) is 5.76. The maximum absolute atomic E-state index is 9.55. The van der Waals surface area contributed by atoms with Gasteiger partial charge in [-0.1, -0.05) is 6.07 Å². The Bertz CT molecular complexity index is 864. The van der Waals surface area contributed by atoms with Gasteiger partial charge in [0.15, 0.2) is 5.13 Å². The highest BCUT2D eigenvalue weighted by Gasteiger charge is 2.06. The van der Waals surface area contributed by atoms with Gasteiger partial charge < -0.3 is 20.6 Å². The van der Waals surface area contributed by atoms with Crippen molar-refractivity contribution >= 4 is 33.9 Å². The lowest BCUT2D eigenvalue weighted by Crippen LogP contribution is -2.09. The lowest BCUT2D eigenvalue weighted by molar-refractivity contribution is 0.475. The number of thiazole rings is 1. The quantitative estimate of drug-likeness (QED) is 0.624. The molecule has 0 spiro atoms. The van der Waals surface area contributed by atoms with Gasteiger partial charge in [0.2, 0.25) is 5.95 Å². The summed E-state index contributed by atoms with van der Waals surface area (Å²) in [6.45, 7) is 2.50. The summed E-state index contributed by atoms with van der Waals surface area (Å²) in [5.74, 6) is 1.38. The SMILES string of the molecule is Cc1cc(NCc2csc(N(C)C)n2)nc(Nc2cccc(O)c2)n1. The topological polar surface area (TPSA) is 86.2 Å². The first-order valence-electron chi connectivity index (χ1n) is 7.77. The van der Waals surface area contributed by atoms with Gasteiger partial charge in [-0.05, 0) is 19.1 Å². The van der Waals surface area contributed by atoms with Crippen LogP contribution in [0, 0.1) is 6.92 Å². The van der Waals surface area contributed by atoms with Gasteiger partial charge >= 0.3 is 0 Å². The third-order valence-corrected chi connectivity index (χ3v) is 4.39. The van der Waals surface area contributed by atoms with Crippen molar-refractivity contribution in [3.63, 3.8) is 0 Å². The molecule has 2 heterocycles. The second kappa shape index (κ2) is 7.35. The van der Waals surface area contributed by atoms with E-state index in [4.69, 9.17) is 0 Å². The molecule has 0 aliphatic heterocycles. The number of hydrogen-bond acceptors (Lipinski definition) is 8. The highest BCUT2D eigenvalue weighted by atomic mass is 32.1. The lowest BCUT2D eigenvalue weighted by atomic mass is 10.3. The van der Waals surface area contributed by atoms with Crippen molar-refractivity contribution in [2.24, 2.45) is 0 Å². The van der Waals surface area contributed by atoms with Crippen LogP contribution in [0.1, 0.15) is 11.4 Å². The molecule has 8 heteroatoms. The Morgan fingerprint density at radius 3 is 2.72 bits per heavy atom. The molecule has 3 N–H and O–H groups in total. The minimum Gasteiger partial charge on any atom is -0.508 e. The summed E-state index contributed by atoms with van der Waals surface area (Å²) in [5.41, 5.74) is 2.53. The van der Waals surface area contributed by atoms with Gasteiger partial charge in [0, 0.05) is 43.0 Å². The zero-order valence-electron chi connectivity index (χ0n) is 14.3. The molecule has 0 saturated carbocycles. The van der Waals surface area contributed by atoms with E-state index in [0.29, 0.717) is 12.5 Å². The number of anilines is 4. The van der Waals surface area contributed by atoms with Crippen LogP contribution >= 0.6 is 11.3 Å². The van der Waals surface area contributed by atoms with E-state index in [9.17, 15) is 5.11 Å². The van der Waals surface area contributed by atoms with Gasteiger partial charge in [0.25, 0.3) is 0 Å². The highest BCUT2D eigenvalue weighted by Crippen LogP contribution is 2.21. The third-order valence-electron chi connectivity index (χ3n) is 3.33. The molecule has 1 aromatic carbocycles. The predicted molar refractivity (Wildman–Crippen MR) is 102 cm³/mol. The van der Waals surface area contributed by atoms with E-state index in [2.05, 4.69) is 25.6 Å². The van der Waals surface area contributed by atoms with Gasteiger partial charge in [-0.2, -0.15) is 4.98 Å². The molecular formula is C17H20N6OS. The molecule has 0 saturated heterocycles. The number of phenolic OH excluding ortho intramolecular Hbond substituents is 1. The number of phenols is 1. The number of nitrogens with one attached hydrogen (secondary N) is 2. The smallest absolute Gasteiger partial charge is 0.229 e. The van der Waals surface area contributed by atoms with Crippen LogP contribution in [-0.2, 0) is 6.54 Å². The second-order valence-corrected chi connectivity index (χ2v) is 6.60. The molecule has 130 valence electrons. The van der Waals surface area contributed by atoms with Gasteiger partial charge in [0.05, 0.1) is 12.2 Å². The van der Waals surface area contributed by atoms with E-state index < -0.39 is 0 Å². The van der Waals surface area contributed by atoms with Crippen LogP contribution in [0.3, 0.4) is 0 Å². The summed E-state index contributed by atoms with van der Waals surface area (Å²) in [5, 5.41) is 18.9. The number of nitrogens with zero attached hydrogens (tertiary/aromatic N) is 4. The van der Waals surface area contributed by atoms with Crippen LogP contribution in [0.2, 0.25) is 0 Å². The standard InChI is InChI=1S/C17H20N6OS/c1-11-7-15(18-9-13-10-25-17(21-13)23(2)3)22-16(19-11)20-12-5-4-6-14(24)8-12/h4-8,10,24H,9H2,1-3H3,(H2,18,19,20,22). The first-order valence-corrected chi connectivity index (χ1v) is 8.65. The zero-order valence-corrected chi connectivity index (χ0v) is 15.1. The number of rotatable bonds is 6. The van der Waals surface area contributed by atoms with Crippen LogP contribution < -0.4 is 15.5 Å². The first-order chi connectivity index (χ1) is 12.0. The molecule has 0 amide bonds. The van der Waals surface area contributed by atoms with Crippen molar-refractivity contribution in [1.29, 1.82) is 0 Å². The van der Waals surface area contributed by atoms with Gasteiger partial charge in [0.1, 0.15) is 11.6 Å². The Labute approximate surface area is 150 Å². The monoisotopic (exact) mass is 356 g/mol. The minimum atomic E-state index is 0.191. The predicted octanol–water partition coefficient (Wildman–Crippen LogP) is 3.37. The number of aromatic hydroxyl groups is 1. The summed E-state index contributed by atoms with van der Waals surface area (Å²) >= 11 is 1.61. The van der Waals surface area contributed by atoms with E-state index >= 15 is 0 Å². The van der Waals surface area contributed by atoms with Crippen LogP contribution in [0.4, 0.5) is 22.6 Å². The first kappa shape index (κ1) is 17.0. The molecule has 0 aliphatic rings. The van der Waals surface area contributed by atoms with E-state index in [1.54, 1.807) is 29.5 Å². The number of aryl methyl sites for hydroxylation is 1. The Hall–Kier alpha value is -2.87. The molecular weight excluding hydrogens is 336 g/mol. The number of benzene rings is 1. The molecule has 3 rings (SSSR count). The zero-order chi connectivity index (χ0) is 17.8. The van der Waals surface area contributed by atoms with Gasteiger partial charge in [-0.3, -0.25) is 0 Å². The van der Waals surface area contributed by atoms with Crippen LogP contribution in [0.25, 0.3) is 0 Å². The fraction of sp³-hybridized carbons (Fsp3) is 0.235. The molecule has 2 aromatic heterocycles. The van der Waals surface area contributed by atoms with E-state index in [1.165, 1.54) is 0 Å². The van der Waals surface area contributed by atoms with Crippen molar-refractivity contribution < 1.29 is 5.11 Å². The van der Waals surface area contributed by atoms with Crippen molar-refractivity contribution in [1.82, 2.24) is 15.0 Å². The van der Waals surface area contributed by atoms with E-state index in [0.717, 1.165) is 28.0 Å². The van der Waals surface area contributed by atoms with Gasteiger partial charge in [-0.15, -0.1) is 11.3 Å². The minimum absolute atomic E-state index is 0.191. The molecule has 0 radical (unpaired) electrons. The van der Waals surface area contributed by atoms with Crippen molar-refractivity contribution in [2.45, 2.75) is 13.5 Å². The Balaban J connectivity index is 1.70. The Kier molecular flexibility index (Phi) is 4.99. The summed E-state index contributed by atoms with van der Waals surface area (Å²) in [6, 6.07) is 8.72. The molecule has 7 nitrogen and oxygen atoms in total. The van der Waals surface area contributed by atoms with E-state index in [-0.39, 0.29) is 5.75 Å². The fourth-order valence-electron chi connectivity index (χ4n) is 2.19. The maximum atomic E-state index is 9.55. The summed E-state index contributed by atoms with van der Waals surface area (Å²) < 4.78 is 0. The summed E-state index contributed by atoms with van der Waals surface area (Å²) in [6.07, 6.45) is 0. The van der Waals surface area contributed by atoms with Crippen LogP contribution in [0.15, 0.2) is 35.7 Å². The third kappa shape index (κ3) is 4.57. The Morgan fingerprint density at radius 2 is 2.00 bits per heavy atom. The average Bonchev–Trinajstić information content (AvgIpc) is 3.02. The molecule has 3 aromatic rings. The van der Waals surface area contributed by atoms with Crippen molar-refractivity contribution in [3.05, 3.63) is 47.1 Å². The average molecular weight is 356 g/mol. The Morgan fingerprint density at radius 1 is 1.16 bits per heavy atom. The molecule has 0 unspecified atom stereocenters. The highest BCUT2D eigenvalue weighted by molar-refractivity contribution is 7.13. The molecule has 25 heavy (non-hydrogen) atoms. The van der Waals surface area contributed by atoms with Crippen LogP contribution in [0.5, 0.6) is 5.75 Å². The number of hydrogen-bond donors (Lipinski definition) is 3. The number of aromatic nitrogens is 3. The van der Waals surface area contributed by atoms with E-state index in [1.807, 2.05) is 43.4 Å².